The van der Waals surface area contributed by atoms with Crippen LogP contribution >= 0.6 is 0 Å². The summed E-state index contributed by atoms with van der Waals surface area (Å²) >= 11 is 0. The fourth-order valence-corrected chi connectivity index (χ4v) is 1.71. The lowest BCUT2D eigenvalue weighted by Gasteiger charge is -2.14. The van der Waals surface area contributed by atoms with E-state index in [-0.39, 0.29) is 0 Å². The van der Waals surface area contributed by atoms with Crippen molar-refractivity contribution in [1.29, 1.82) is 0 Å². The number of rotatable bonds is 6. The maximum Gasteiger partial charge on any atom is 0.320 e. The van der Waals surface area contributed by atoms with Gasteiger partial charge in [-0.1, -0.05) is 38.1 Å². The van der Waals surface area contributed by atoms with Gasteiger partial charge < -0.3 is 10.4 Å². The Morgan fingerprint density at radius 2 is 1.94 bits per heavy atom. The maximum absolute atomic E-state index is 10.8. The standard InChI is InChI=1S/C13H19NO2/c1-3-10-7-5-6-8-11(10)9-14-12(4-2)13(15)16/h5-8,12,14H,3-4,9H2,1-2H3,(H,15,16). The summed E-state index contributed by atoms with van der Waals surface area (Å²) in [7, 11) is 0. The van der Waals surface area contributed by atoms with Gasteiger partial charge in [-0.2, -0.15) is 0 Å². The van der Waals surface area contributed by atoms with E-state index in [4.69, 9.17) is 5.11 Å². The average Bonchev–Trinajstić information content (AvgIpc) is 2.30. The van der Waals surface area contributed by atoms with Crippen molar-refractivity contribution in [2.75, 3.05) is 0 Å². The predicted octanol–water partition coefficient (Wildman–Crippen LogP) is 2.20. The van der Waals surface area contributed by atoms with Crippen molar-refractivity contribution in [2.24, 2.45) is 0 Å². The molecule has 3 nitrogen and oxygen atoms in total. The molecule has 0 aliphatic rings. The summed E-state index contributed by atoms with van der Waals surface area (Å²) in [6, 6.07) is 7.67. The van der Waals surface area contributed by atoms with Crippen LogP contribution in [0.1, 0.15) is 31.4 Å². The minimum atomic E-state index is -0.781. The number of hydrogen-bond acceptors (Lipinski definition) is 2. The maximum atomic E-state index is 10.8. The van der Waals surface area contributed by atoms with Gasteiger partial charge in [0.25, 0.3) is 0 Å². The van der Waals surface area contributed by atoms with Crippen molar-refractivity contribution in [1.82, 2.24) is 5.32 Å². The summed E-state index contributed by atoms with van der Waals surface area (Å²) in [5, 5.41) is 12.0. The molecule has 1 aromatic carbocycles. The van der Waals surface area contributed by atoms with Crippen molar-refractivity contribution in [3.63, 3.8) is 0 Å². The van der Waals surface area contributed by atoms with Crippen LogP contribution in [0.3, 0.4) is 0 Å². The second-order valence-electron chi connectivity index (χ2n) is 3.80. The van der Waals surface area contributed by atoms with Crippen LogP contribution in [-0.2, 0) is 17.8 Å². The molecule has 0 fully saturated rings. The third-order valence-electron chi connectivity index (χ3n) is 2.74. The van der Waals surface area contributed by atoms with E-state index in [2.05, 4.69) is 18.3 Å². The van der Waals surface area contributed by atoms with Crippen LogP contribution in [0.5, 0.6) is 0 Å². The molecule has 1 unspecified atom stereocenters. The Morgan fingerprint density at radius 3 is 2.44 bits per heavy atom. The Balaban J connectivity index is 2.63. The Morgan fingerprint density at radius 1 is 1.31 bits per heavy atom. The topological polar surface area (TPSA) is 49.3 Å². The highest BCUT2D eigenvalue weighted by Gasteiger charge is 2.13. The molecule has 1 aromatic rings. The number of nitrogens with one attached hydrogen (secondary N) is 1. The molecular weight excluding hydrogens is 202 g/mol. The fraction of sp³-hybridized carbons (Fsp3) is 0.462. The van der Waals surface area contributed by atoms with Gasteiger partial charge in [-0.15, -0.1) is 0 Å². The molecule has 1 atom stereocenters. The summed E-state index contributed by atoms with van der Waals surface area (Å²) < 4.78 is 0. The Hall–Kier alpha value is -1.35. The number of benzene rings is 1. The zero-order chi connectivity index (χ0) is 12.0. The lowest BCUT2D eigenvalue weighted by Crippen LogP contribution is -2.35. The minimum Gasteiger partial charge on any atom is -0.480 e. The van der Waals surface area contributed by atoms with Crippen molar-refractivity contribution in [2.45, 2.75) is 39.3 Å². The number of carboxylic acid groups (broad SMARTS) is 1. The van der Waals surface area contributed by atoms with Crippen LogP contribution in [0.25, 0.3) is 0 Å². The van der Waals surface area contributed by atoms with Gasteiger partial charge in [0, 0.05) is 6.54 Å². The van der Waals surface area contributed by atoms with Gasteiger partial charge in [-0.05, 0) is 24.0 Å². The Bertz CT molecular complexity index is 350. The van der Waals surface area contributed by atoms with E-state index in [9.17, 15) is 4.79 Å². The average molecular weight is 221 g/mol. The molecule has 0 aromatic heterocycles. The summed E-state index contributed by atoms with van der Waals surface area (Å²) in [5.41, 5.74) is 2.46. The predicted molar refractivity (Wildman–Crippen MR) is 64.4 cm³/mol. The summed E-state index contributed by atoms with van der Waals surface area (Å²) in [6.07, 6.45) is 1.57. The van der Waals surface area contributed by atoms with E-state index in [1.54, 1.807) is 0 Å². The molecule has 0 bridgehead atoms. The molecule has 0 saturated carbocycles. The third-order valence-corrected chi connectivity index (χ3v) is 2.74. The van der Waals surface area contributed by atoms with Gasteiger partial charge in [0.1, 0.15) is 6.04 Å². The smallest absolute Gasteiger partial charge is 0.320 e. The van der Waals surface area contributed by atoms with E-state index in [0.717, 1.165) is 6.42 Å². The minimum absolute atomic E-state index is 0.454. The van der Waals surface area contributed by atoms with Crippen LogP contribution in [0.4, 0.5) is 0 Å². The molecule has 2 N–H and O–H groups in total. The molecule has 0 aliphatic carbocycles. The van der Waals surface area contributed by atoms with Crippen molar-refractivity contribution < 1.29 is 9.90 Å². The molecule has 0 heterocycles. The zero-order valence-corrected chi connectivity index (χ0v) is 9.86. The highest BCUT2D eigenvalue weighted by molar-refractivity contribution is 5.73. The molecule has 0 aliphatic heterocycles. The van der Waals surface area contributed by atoms with Crippen LogP contribution < -0.4 is 5.32 Å². The molecule has 0 spiro atoms. The van der Waals surface area contributed by atoms with Crippen molar-refractivity contribution in [3.05, 3.63) is 35.4 Å². The van der Waals surface area contributed by atoms with E-state index in [1.807, 2.05) is 25.1 Å². The fourth-order valence-electron chi connectivity index (χ4n) is 1.71. The van der Waals surface area contributed by atoms with Gasteiger partial charge in [-0.25, -0.2) is 0 Å². The van der Waals surface area contributed by atoms with Crippen LogP contribution in [-0.4, -0.2) is 17.1 Å². The molecular formula is C13H19NO2. The van der Waals surface area contributed by atoms with Crippen molar-refractivity contribution >= 4 is 5.97 Å². The highest BCUT2D eigenvalue weighted by Crippen LogP contribution is 2.09. The molecule has 0 saturated heterocycles. The first-order chi connectivity index (χ1) is 7.69. The second-order valence-corrected chi connectivity index (χ2v) is 3.80. The lowest BCUT2D eigenvalue weighted by atomic mass is 10.0. The first-order valence-corrected chi connectivity index (χ1v) is 5.72. The Kier molecular flexibility index (Phi) is 4.99. The first kappa shape index (κ1) is 12.7. The van der Waals surface area contributed by atoms with Crippen molar-refractivity contribution in [3.8, 4) is 0 Å². The van der Waals surface area contributed by atoms with Crippen LogP contribution in [0.2, 0.25) is 0 Å². The van der Waals surface area contributed by atoms with E-state index in [0.29, 0.717) is 13.0 Å². The quantitative estimate of drug-likeness (QED) is 0.774. The number of carbonyl (C=O) groups is 1. The Labute approximate surface area is 96.5 Å². The molecule has 88 valence electrons. The van der Waals surface area contributed by atoms with Gasteiger partial charge >= 0.3 is 5.97 Å². The van der Waals surface area contributed by atoms with Gasteiger partial charge in [0.05, 0.1) is 0 Å². The molecule has 1 rings (SSSR count). The monoisotopic (exact) mass is 221 g/mol. The largest absolute Gasteiger partial charge is 0.480 e. The van der Waals surface area contributed by atoms with Gasteiger partial charge in [0.2, 0.25) is 0 Å². The molecule has 0 amide bonds. The molecule has 16 heavy (non-hydrogen) atoms. The van der Waals surface area contributed by atoms with E-state index < -0.39 is 12.0 Å². The normalized spacial score (nSPS) is 12.4. The molecule has 3 heteroatoms. The van der Waals surface area contributed by atoms with E-state index in [1.165, 1.54) is 11.1 Å². The SMILES string of the molecule is CCc1ccccc1CNC(CC)C(=O)O. The summed E-state index contributed by atoms with van der Waals surface area (Å²) in [6.45, 7) is 4.60. The lowest BCUT2D eigenvalue weighted by molar-refractivity contribution is -0.139. The number of hydrogen-bond donors (Lipinski definition) is 2. The number of aryl methyl sites for hydroxylation is 1. The first-order valence-electron chi connectivity index (χ1n) is 5.72. The number of aliphatic carboxylic acids is 1. The highest BCUT2D eigenvalue weighted by atomic mass is 16.4. The third kappa shape index (κ3) is 3.35. The van der Waals surface area contributed by atoms with Crippen LogP contribution in [0, 0.1) is 0 Å². The summed E-state index contributed by atoms with van der Waals surface area (Å²) in [4.78, 5) is 10.8. The molecule has 0 radical (unpaired) electrons. The van der Waals surface area contributed by atoms with Gasteiger partial charge in [-0.3, -0.25) is 4.79 Å². The zero-order valence-electron chi connectivity index (χ0n) is 9.86. The van der Waals surface area contributed by atoms with Crippen LogP contribution in [0.15, 0.2) is 24.3 Å². The second kappa shape index (κ2) is 6.28. The van der Waals surface area contributed by atoms with E-state index >= 15 is 0 Å². The number of carboxylic acids is 1. The van der Waals surface area contributed by atoms with Gasteiger partial charge in [0.15, 0.2) is 0 Å². The summed E-state index contributed by atoms with van der Waals surface area (Å²) in [5.74, 6) is -0.781.